The molecule has 2 aliphatic heterocycles. The van der Waals surface area contributed by atoms with E-state index >= 15 is 0 Å². The molecule has 5 rings (SSSR count). The lowest BCUT2D eigenvalue weighted by Crippen LogP contribution is -2.50. The van der Waals surface area contributed by atoms with Crippen LogP contribution in [0.15, 0.2) is 53.6 Å². The van der Waals surface area contributed by atoms with Gasteiger partial charge in [-0.25, -0.2) is 18.2 Å². The third-order valence-corrected chi connectivity index (χ3v) is 6.47. The van der Waals surface area contributed by atoms with Gasteiger partial charge >= 0.3 is 0 Å². The van der Waals surface area contributed by atoms with Gasteiger partial charge in [-0.2, -0.15) is 0 Å². The third kappa shape index (κ3) is 5.86. The minimum absolute atomic E-state index is 0.153. The summed E-state index contributed by atoms with van der Waals surface area (Å²) in [5, 5.41) is 13.9. The van der Waals surface area contributed by atoms with Gasteiger partial charge in [-0.1, -0.05) is 38.9 Å². The van der Waals surface area contributed by atoms with Crippen molar-refractivity contribution in [1.82, 2.24) is 14.5 Å². The number of piperidine rings is 1. The number of nitrogens with zero attached hydrogens (tertiary/aromatic N) is 4. The number of hydrogen-bond donors (Lipinski definition) is 1. The highest BCUT2D eigenvalue weighted by atomic mass is 19.1. The molecule has 1 unspecified atom stereocenters. The van der Waals surface area contributed by atoms with E-state index in [-0.39, 0.29) is 6.42 Å². The average molecular weight is 559 g/mol. The summed E-state index contributed by atoms with van der Waals surface area (Å²) in [5.74, 6) is -2.16. The summed E-state index contributed by atoms with van der Waals surface area (Å²) in [5.41, 5.74) is 1.16. The third-order valence-electron chi connectivity index (χ3n) is 6.47. The lowest BCUT2D eigenvalue weighted by molar-refractivity contribution is -0.124. The van der Waals surface area contributed by atoms with Crippen LogP contribution in [0.5, 0.6) is 5.75 Å². The van der Waals surface area contributed by atoms with Crippen LogP contribution in [0, 0.1) is 24.4 Å². The van der Waals surface area contributed by atoms with E-state index in [2.05, 4.69) is 10.1 Å². The van der Waals surface area contributed by atoms with E-state index in [0.717, 1.165) is 22.5 Å². The van der Waals surface area contributed by atoms with E-state index in [1.54, 1.807) is 18.3 Å². The van der Waals surface area contributed by atoms with Crippen molar-refractivity contribution >= 4 is 11.9 Å². The molecule has 0 bridgehead atoms. The highest BCUT2D eigenvalue weighted by molar-refractivity contribution is 6.03. The Labute approximate surface area is 233 Å². The fourth-order valence-electron chi connectivity index (χ4n) is 4.89. The Hall–Kier alpha value is -3.79. The number of aryl methyl sites for hydroxylation is 1. The fourth-order valence-corrected chi connectivity index (χ4v) is 4.89. The number of oxime groups is 1. The van der Waals surface area contributed by atoms with E-state index in [4.69, 9.17) is 9.57 Å². The van der Waals surface area contributed by atoms with Gasteiger partial charge in [0.2, 0.25) is 5.72 Å². The first-order valence-corrected chi connectivity index (χ1v) is 13.6. The largest absolute Gasteiger partial charge is 0.495 e. The number of halogens is 3. The predicted molar refractivity (Wildman–Crippen MR) is 150 cm³/mol. The van der Waals surface area contributed by atoms with Gasteiger partial charge in [0.05, 0.1) is 30.4 Å². The Morgan fingerprint density at radius 2 is 1.80 bits per heavy atom. The van der Waals surface area contributed by atoms with E-state index in [1.165, 1.54) is 0 Å². The van der Waals surface area contributed by atoms with E-state index < -0.39 is 35.3 Å². The minimum Gasteiger partial charge on any atom is -0.495 e. The van der Waals surface area contributed by atoms with Gasteiger partial charge in [-0.05, 0) is 49.1 Å². The van der Waals surface area contributed by atoms with Gasteiger partial charge < -0.3 is 24.1 Å². The lowest BCUT2D eigenvalue weighted by Gasteiger charge is -2.40. The molecule has 10 heteroatoms. The van der Waals surface area contributed by atoms with Crippen LogP contribution in [0.1, 0.15) is 63.8 Å². The number of methoxy groups -OCH3 is 1. The normalized spacial score (nSPS) is 18.6. The number of aromatic nitrogens is 2. The Morgan fingerprint density at radius 3 is 2.40 bits per heavy atom. The molecule has 2 aromatic carbocycles. The molecule has 0 amide bonds. The van der Waals surface area contributed by atoms with Crippen molar-refractivity contribution < 1.29 is 27.9 Å². The molecule has 2 aliphatic rings. The summed E-state index contributed by atoms with van der Waals surface area (Å²) < 4.78 is 50.8. The Bertz CT molecular complexity index is 1350. The van der Waals surface area contributed by atoms with Gasteiger partial charge in [0.15, 0.2) is 5.84 Å². The monoisotopic (exact) mass is 558 g/mol. The first-order valence-electron chi connectivity index (χ1n) is 13.6. The summed E-state index contributed by atoms with van der Waals surface area (Å²) >= 11 is 0. The number of ether oxygens (including phenoxy) is 1. The molecule has 7 nitrogen and oxygen atoms in total. The van der Waals surface area contributed by atoms with Crippen LogP contribution in [-0.2, 0) is 10.6 Å². The smallest absolute Gasteiger partial charge is 0.245 e. The number of amidine groups is 1. The number of aliphatic hydroxyl groups is 1. The number of fused-ring (bicyclic) bond motifs is 1. The van der Waals surface area contributed by atoms with E-state index in [0.29, 0.717) is 43.1 Å². The van der Waals surface area contributed by atoms with Crippen molar-refractivity contribution in [2.75, 3.05) is 20.3 Å². The topological polar surface area (TPSA) is 72.1 Å². The van der Waals surface area contributed by atoms with Crippen molar-refractivity contribution in [1.29, 1.82) is 0 Å². The zero-order valence-corrected chi connectivity index (χ0v) is 23.8. The summed E-state index contributed by atoms with van der Waals surface area (Å²) in [6.45, 7) is 9.89. The van der Waals surface area contributed by atoms with Crippen molar-refractivity contribution in [3.63, 3.8) is 0 Å². The van der Waals surface area contributed by atoms with Crippen molar-refractivity contribution in [3.8, 4) is 11.4 Å². The highest BCUT2D eigenvalue weighted by Crippen LogP contribution is 2.44. The summed E-state index contributed by atoms with van der Waals surface area (Å²) in [7, 11) is 1.59. The molecular formula is C30H37F3N4O3. The molecule has 3 heterocycles. The fraction of sp³-hybridized carbons (Fsp3) is 0.400. The average Bonchev–Trinajstić information content (AvgIpc) is 3.55. The molecule has 216 valence electrons. The van der Waals surface area contributed by atoms with Crippen LogP contribution in [-0.4, -0.2) is 45.7 Å². The molecule has 0 radical (unpaired) electrons. The van der Waals surface area contributed by atoms with Crippen LogP contribution in [0.25, 0.3) is 11.8 Å². The van der Waals surface area contributed by atoms with Crippen LogP contribution in [0.4, 0.5) is 13.2 Å². The Kier molecular flexibility index (Phi) is 10.4. The molecule has 3 aromatic rings. The zero-order valence-electron chi connectivity index (χ0n) is 23.8. The summed E-state index contributed by atoms with van der Waals surface area (Å²) in [6.07, 6.45) is 6.70. The van der Waals surface area contributed by atoms with Crippen LogP contribution in [0.3, 0.4) is 0 Å². The number of aliphatic hydroxyl groups excluding tert-OH is 1. The maximum absolute atomic E-state index is 14.8. The number of benzene rings is 2. The summed E-state index contributed by atoms with van der Waals surface area (Å²) in [6, 6.07) is 6.94. The molecule has 0 aliphatic carbocycles. The summed E-state index contributed by atoms with van der Waals surface area (Å²) in [4.78, 5) is 11.6. The molecule has 40 heavy (non-hydrogen) atoms. The SMILES string of the molecule is CC.CC.COc1cc(/C=C2\CCCN3C2=NOC3(CCO)c2c(F)cc(F)cc2F)ccc1-n1cnc(C)c1. The highest BCUT2D eigenvalue weighted by Gasteiger charge is 2.52. The van der Waals surface area contributed by atoms with Gasteiger partial charge in [-0.15, -0.1) is 0 Å². The van der Waals surface area contributed by atoms with Crippen LogP contribution < -0.4 is 4.74 Å². The number of hydrogen-bond acceptors (Lipinski definition) is 6. The minimum atomic E-state index is -1.72. The molecule has 1 N–H and O–H groups in total. The number of rotatable bonds is 6. The van der Waals surface area contributed by atoms with Gasteiger partial charge in [0, 0.05) is 37.9 Å². The number of imidazole rings is 1. The standard InChI is InChI=1S/C26H25F3N4O3.2C2H6/c1-16-14-32(15-30-16)22-6-5-17(11-23(22)35-2)10-18-4-3-8-33-25(18)31-36-26(33,7-9-34)24-20(28)12-19(27)13-21(24)29;2*1-2/h5-6,10-15,34H,3-4,7-9H2,1-2H3;2*1-2H3/b18-10+;;. The second-order valence-electron chi connectivity index (χ2n) is 8.79. The molecule has 1 fully saturated rings. The van der Waals surface area contributed by atoms with E-state index in [1.807, 2.05) is 69.7 Å². The second kappa shape index (κ2) is 13.5. The zero-order chi connectivity index (χ0) is 29.4. The Balaban J connectivity index is 0.00000106. The van der Waals surface area contributed by atoms with Crippen molar-refractivity contribution in [2.24, 2.45) is 5.16 Å². The lowest BCUT2D eigenvalue weighted by atomic mass is 9.91. The molecule has 0 saturated carbocycles. The van der Waals surface area contributed by atoms with Gasteiger partial charge in [-0.3, -0.25) is 0 Å². The van der Waals surface area contributed by atoms with Crippen molar-refractivity contribution in [3.05, 3.63) is 82.7 Å². The molecule has 0 spiro atoms. The molecular weight excluding hydrogens is 521 g/mol. The van der Waals surface area contributed by atoms with E-state index in [9.17, 15) is 18.3 Å². The second-order valence-corrected chi connectivity index (χ2v) is 8.79. The molecule has 1 atom stereocenters. The maximum atomic E-state index is 14.8. The van der Waals surface area contributed by atoms with Crippen LogP contribution in [0.2, 0.25) is 0 Å². The van der Waals surface area contributed by atoms with Gasteiger partial charge in [0.25, 0.3) is 0 Å². The predicted octanol–water partition coefficient (Wildman–Crippen LogP) is 6.72. The molecule has 1 aromatic heterocycles. The first kappa shape index (κ1) is 30.7. The van der Waals surface area contributed by atoms with Gasteiger partial charge in [0.1, 0.15) is 23.2 Å². The first-order chi connectivity index (χ1) is 19.4. The molecule has 1 saturated heterocycles. The quantitative estimate of drug-likeness (QED) is 0.364. The maximum Gasteiger partial charge on any atom is 0.245 e. The Morgan fingerprint density at radius 1 is 1.10 bits per heavy atom. The van der Waals surface area contributed by atoms with Crippen LogP contribution >= 0.6 is 0 Å². The van der Waals surface area contributed by atoms with Crippen molar-refractivity contribution in [2.45, 2.75) is 59.6 Å².